The number of piperidine rings is 1. The zero-order valence-corrected chi connectivity index (χ0v) is 25.2. The molecule has 4 aromatic rings. The third-order valence-electron chi connectivity index (χ3n) is 8.10. The van der Waals surface area contributed by atoms with E-state index >= 15 is 0 Å². The third kappa shape index (κ3) is 7.35. The lowest BCUT2D eigenvalue weighted by Crippen LogP contribution is -2.53. The number of hydrogen-bond acceptors (Lipinski definition) is 5. The van der Waals surface area contributed by atoms with Crippen LogP contribution >= 0.6 is 0 Å². The van der Waals surface area contributed by atoms with Crippen LogP contribution in [0.25, 0.3) is 10.9 Å². The van der Waals surface area contributed by atoms with E-state index in [9.17, 15) is 27.9 Å². The largest absolute Gasteiger partial charge is 0.480 e. The lowest BCUT2D eigenvalue weighted by molar-refractivity contribution is -0.143. The molecular formula is C33H36N4O6S. The van der Waals surface area contributed by atoms with Crippen LogP contribution in [0, 0.1) is 12.8 Å². The molecule has 2 atom stereocenters. The molecule has 1 aliphatic rings. The van der Waals surface area contributed by atoms with Crippen LogP contribution in [-0.4, -0.2) is 66.4 Å². The van der Waals surface area contributed by atoms with Gasteiger partial charge in [-0.05, 0) is 55.5 Å². The molecule has 0 spiro atoms. The fourth-order valence-corrected chi connectivity index (χ4v) is 6.78. The number of carboxylic acid groups (broad SMARTS) is 1. The maximum Gasteiger partial charge on any atom is 0.326 e. The predicted octanol–water partition coefficient (Wildman–Crippen LogP) is 3.42. The van der Waals surface area contributed by atoms with E-state index < -0.39 is 34.0 Å². The van der Waals surface area contributed by atoms with E-state index in [1.54, 1.807) is 23.2 Å². The molecule has 0 bridgehead atoms. The van der Waals surface area contributed by atoms with Crippen molar-refractivity contribution < 1.29 is 27.9 Å². The summed E-state index contributed by atoms with van der Waals surface area (Å²) < 4.78 is 29.1. The molecule has 1 saturated heterocycles. The van der Waals surface area contributed by atoms with Gasteiger partial charge in [0.15, 0.2) is 0 Å². The number of hydrogen-bond donors (Lipinski definition) is 4. The van der Waals surface area contributed by atoms with E-state index in [4.69, 9.17) is 0 Å². The van der Waals surface area contributed by atoms with E-state index in [0.717, 1.165) is 27.6 Å². The molecule has 0 radical (unpaired) electrons. The van der Waals surface area contributed by atoms with Crippen LogP contribution in [0.4, 0.5) is 0 Å². The van der Waals surface area contributed by atoms with Crippen molar-refractivity contribution in [2.75, 3.05) is 13.1 Å². The number of aromatic amines is 1. The Hall–Kier alpha value is -4.48. The number of nitrogens with zero attached hydrogens (tertiary/aromatic N) is 1. The highest BCUT2D eigenvalue weighted by atomic mass is 32.2. The minimum Gasteiger partial charge on any atom is -0.480 e. The number of para-hydroxylation sites is 1. The summed E-state index contributed by atoms with van der Waals surface area (Å²) in [6.45, 7) is 2.35. The standard InChI is InChI=1S/C33H36N4O6S/c1-22-11-13-26(14-12-22)44(42,43)36-29(19-23-7-3-2-4-8-23)32(39)37-17-15-24(16-18-37)31(38)35-30(33(40)41)20-25-21-34-28-10-6-5-9-27(25)28/h2-14,21,24,29-30,34,36H,15-20H2,1H3,(H,35,38)(H,40,41). The number of sulfonamides is 1. The number of benzene rings is 3. The van der Waals surface area contributed by atoms with Gasteiger partial charge in [-0.2, -0.15) is 4.72 Å². The first-order valence-electron chi connectivity index (χ1n) is 14.6. The van der Waals surface area contributed by atoms with Crippen molar-refractivity contribution >= 4 is 38.7 Å². The van der Waals surface area contributed by atoms with Crippen molar-refractivity contribution in [1.82, 2.24) is 19.9 Å². The monoisotopic (exact) mass is 616 g/mol. The molecule has 4 N–H and O–H groups in total. The summed E-state index contributed by atoms with van der Waals surface area (Å²) in [5, 5.41) is 13.4. The first-order chi connectivity index (χ1) is 21.1. The van der Waals surface area contributed by atoms with Crippen molar-refractivity contribution in [1.29, 1.82) is 0 Å². The molecule has 10 nitrogen and oxygen atoms in total. The third-order valence-corrected chi connectivity index (χ3v) is 9.59. The Morgan fingerprint density at radius 1 is 0.909 bits per heavy atom. The van der Waals surface area contributed by atoms with Crippen molar-refractivity contribution in [2.45, 2.75) is 49.6 Å². The maximum atomic E-state index is 13.7. The highest BCUT2D eigenvalue weighted by Gasteiger charge is 2.34. The number of fused-ring (bicyclic) bond motifs is 1. The average Bonchev–Trinajstić information content (AvgIpc) is 3.43. The Balaban J connectivity index is 1.23. The Labute approximate surface area is 256 Å². The molecule has 5 rings (SSSR count). The van der Waals surface area contributed by atoms with Gasteiger partial charge in [0.2, 0.25) is 21.8 Å². The number of carbonyl (C=O) groups excluding carboxylic acids is 2. The second kappa shape index (κ2) is 13.4. The first-order valence-corrected chi connectivity index (χ1v) is 16.1. The van der Waals surface area contributed by atoms with Crippen LogP contribution < -0.4 is 10.0 Å². The summed E-state index contributed by atoms with van der Waals surface area (Å²) in [6.07, 6.45) is 2.72. The zero-order valence-electron chi connectivity index (χ0n) is 24.4. The molecule has 1 fully saturated rings. The van der Waals surface area contributed by atoms with E-state index in [0.29, 0.717) is 12.8 Å². The first kappa shape index (κ1) is 31.0. The topological polar surface area (TPSA) is 149 Å². The van der Waals surface area contributed by atoms with Gasteiger partial charge in [0.1, 0.15) is 12.1 Å². The van der Waals surface area contributed by atoms with Gasteiger partial charge in [0.05, 0.1) is 4.90 Å². The molecule has 2 amide bonds. The van der Waals surface area contributed by atoms with Crippen LogP contribution in [0.15, 0.2) is 90.0 Å². The summed E-state index contributed by atoms with van der Waals surface area (Å²) in [6, 6.07) is 21.0. The highest BCUT2D eigenvalue weighted by molar-refractivity contribution is 7.89. The van der Waals surface area contributed by atoms with Crippen LogP contribution in [0.5, 0.6) is 0 Å². The van der Waals surface area contributed by atoms with Gasteiger partial charge in [-0.15, -0.1) is 0 Å². The predicted molar refractivity (Wildman–Crippen MR) is 166 cm³/mol. The molecule has 1 aliphatic heterocycles. The van der Waals surface area contributed by atoms with Gasteiger partial charge < -0.3 is 20.3 Å². The molecule has 0 aliphatic carbocycles. The van der Waals surface area contributed by atoms with Crippen molar-refractivity contribution in [3.05, 3.63) is 102 Å². The van der Waals surface area contributed by atoms with Crippen LogP contribution in [-0.2, 0) is 37.2 Å². The van der Waals surface area contributed by atoms with Gasteiger partial charge >= 0.3 is 5.97 Å². The number of likely N-dealkylation sites (tertiary alicyclic amines) is 1. The number of aliphatic carboxylic acids is 1. The number of amides is 2. The molecule has 2 heterocycles. The molecule has 2 unspecified atom stereocenters. The van der Waals surface area contributed by atoms with Crippen molar-refractivity contribution in [3.63, 3.8) is 0 Å². The summed E-state index contributed by atoms with van der Waals surface area (Å²) in [5.74, 6) is -2.34. The minimum absolute atomic E-state index is 0.0740. The molecule has 230 valence electrons. The molecule has 0 saturated carbocycles. The number of carboxylic acids is 1. The van der Waals surface area contributed by atoms with E-state index in [1.807, 2.05) is 61.5 Å². The molecular weight excluding hydrogens is 580 g/mol. The van der Waals surface area contributed by atoms with E-state index in [1.165, 1.54) is 12.1 Å². The summed E-state index contributed by atoms with van der Waals surface area (Å²) in [7, 11) is -3.98. The number of rotatable bonds is 11. The molecule has 11 heteroatoms. The van der Waals surface area contributed by atoms with Gasteiger partial charge in [0, 0.05) is 42.5 Å². The number of H-pyrrole nitrogens is 1. The fraction of sp³-hybridized carbons (Fsp3) is 0.303. The van der Waals surface area contributed by atoms with Crippen molar-refractivity contribution in [2.24, 2.45) is 5.92 Å². The Morgan fingerprint density at radius 2 is 1.57 bits per heavy atom. The molecule has 44 heavy (non-hydrogen) atoms. The lowest BCUT2D eigenvalue weighted by atomic mass is 9.94. The SMILES string of the molecule is Cc1ccc(S(=O)(=O)NC(Cc2ccccc2)C(=O)N2CCC(C(=O)NC(Cc3c[nH]c4ccccc34)C(=O)O)CC2)cc1. The zero-order chi connectivity index (χ0) is 31.3. The van der Waals surface area contributed by atoms with E-state index in [2.05, 4.69) is 15.0 Å². The number of aromatic nitrogens is 1. The van der Waals surface area contributed by atoms with Crippen molar-refractivity contribution in [3.8, 4) is 0 Å². The van der Waals surface area contributed by atoms with E-state index in [-0.39, 0.29) is 42.6 Å². The number of carbonyl (C=O) groups is 3. The maximum absolute atomic E-state index is 13.7. The Bertz CT molecular complexity index is 1730. The minimum atomic E-state index is -3.98. The lowest BCUT2D eigenvalue weighted by Gasteiger charge is -2.34. The second-order valence-corrected chi connectivity index (χ2v) is 13.0. The number of aryl methyl sites for hydroxylation is 1. The summed E-state index contributed by atoms with van der Waals surface area (Å²) in [5.41, 5.74) is 3.41. The van der Waals surface area contributed by atoms with Gasteiger partial charge in [-0.1, -0.05) is 66.2 Å². The smallest absolute Gasteiger partial charge is 0.326 e. The Morgan fingerprint density at radius 3 is 2.25 bits per heavy atom. The summed E-state index contributed by atoms with van der Waals surface area (Å²) in [4.78, 5) is 43.7. The molecule has 3 aromatic carbocycles. The number of nitrogens with one attached hydrogen (secondary N) is 3. The summed E-state index contributed by atoms with van der Waals surface area (Å²) >= 11 is 0. The van der Waals surface area contributed by atoms with Crippen LogP contribution in [0.2, 0.25) is 0 Å². The van der Waals surface area contributed by atoms with Crippen LogP contribution in [0.3, 0.4) is 0 Å². The second-order valence-electron chi connectivity index (χ2n) is 11.2. The normalized spacial score (nSPS) is 15.5. The van der Waals surface area contributed by atoms with Gasteiger partial charge in [-0.3, -0.25) is 9.59 Å². The van der Waals surface area contributed by atoms with Gasteiger partial charge in [-0.25, -0.2) is 13.2 Å². The van der Waals surface area contributed by atoms with Crippen LogP contribution in [0.1, 0.15) is 29.5 Å². The van der Waals surface area contributed by atoms with Gasteiger partial charge in [0.25, 0.3) is 0 Å². The quantitative estimate of drug-likeness (QED) is 0.203. The average molecular weight is 617 g/mol. The fourth-order valence-electron chi connectivity index (χ4n) is 5.59. The Kier molecular flexibility index (Phi) is 9.46. The molecule has 1 aromatic heterocycles. The highest BCUT2D eigenvalue weighted by Crippen LogP contribution is 2.22.